The third-order valence-electron chi connectivity index (χ3n) is 1.80. The highest BCUT2D eigenvalue weighted by Gasteiger charge is 2.16. The molecule has 0 amide bonds. The SMILES string of the molecule is CC(I)c1cnc(C(C)(C)C)nc1. The maximum Gasteiger partial charge on any atom is 0.133 e. The molecule has 13 heavy (non-hydrogen) atoms. The zero-order chi connectivity index (χ0) is 10.1. The van der Waals surface area contributed by atoms with E-state index in [9.17, 15) is 0 Å². The normalized spacial score (nSPS) is 14.2. The highest BCUT2D eigenvalue weighted by atomic mass is 127. The molecule has 1 unspecified atom stereocenters. The lowest BCUT2D eigenvalue weighted by Gasteiger charge is -2.16. The fourth-order valence-electron chi connectivity index (χ4n) is 0.931. The summed E-state index contributed by atoms with van der Waals surface area (Å²) in [4.78, 5) is 8.71. The summed E-state index contributed by atoms with van der Waals surface area (Å²) in [6.07, 6.45) is 3.84. The van der Waals surface area contributed by atoms with Crippen molar-refractivity contribution in [1.29, 1.82) is 0 Å². The molecule has 0 fully saturated rings. The second kappa shape index (κ2) is 3.90. The topological polar surface area (TPSA) is 25.8 Å². The van der Waals surface area contributed by atoms with Crippen LogP contribution < -0.4 is 0 Å². The first-order valence-corrected chi connectivity index (χ1v) is 5.62. The Morgan fingerprint density at radius 1 is 1.23 bits per heavy atom. The Morgan fingerprint density at radius 2 is 1.69 bits per heavy atom. The summed E-state index contributed by atoms with van der Waals surface area (Å²) in [6, 6.07) is 0. The van der Waals surface area contributed by atoms with Gasteiger partial charge in [0.15, 0.2) is 0 Å². The molecule has 72 valence electrons. The van der Waals surface area contributed by atoms with Crippen LogP contribution in [0.5, 0.6) is 0 Å². The van der Waals surface area contributed by atoms with E-state index < -0.39 is 0 Å². The van der Waals surface area contributed by atoms with E-state index in [1.165, 1.54) is 5.56 Å². The fraction of sp³-hybridized carbons (Fsp3) is 0.600. The molecule has 0 radical (unpaired) electrons. The van der Waals surface area contributed by atoms with Gasteiger partial charge in [0.1, 0.15) is 5.82 Å². The van der Waals surface area contributed by atoms with Crippen molar-refractivity contribution in [2.24, 2.45) is 0 Å². The lowest BCUT2D eigenvalue weighted by Crippen LogP contribution is -2.15. The highest BCUT2D eigenvalue weighted by Crippen LogP contribution is 2.22. The average molecular weight is 290 g/mol. The van der Waals surface area contributed by atoms with E-state index in [0.29, 0.717) is 3.92 Å². The monoisotopic (exact) mass is 290 g/mol. The molecule has 0 spiro atoms. The van der Waals surface area contributed by atoms with Crippen molar-refractivity contribution >= 4 is 22.6 Å². The van der Waals surface area contributed by atoms with Gasteiger partial charge >= 0.3 is 0 Å². The Balaban J connectivity index is 2.94. The van der Waals surface area contributed by atoms with Crippen molar-refractivity contribution in [3.8, 4) is 0 Å². The zero-order valence-corrected chi connectivity index (χ0v) is 10.7. The molecule has 1 rings (SSSR count). The van der Waals surface area contributed by atoms with E-state index in [0.717, 1.165) is 5.82 Å². The number of hydrogen-bond donors (Lipinski definition) is 0. The molecule has 0 N–H and O–H groups in total. The minimum Gasteiger partial charge on any atom is -0.240 e. The van der Waals surface area contributed by atoms with Gasteiger partial charge in [0.2, 0.25) is 0 Å². The third-order valence-corrected chi connectivity index (χ3v) is 2.52. The molecule has 1 atom stereocenters. The first-order valence-electron chi connectivity index (χ1n) is 4.38. The van der Waals surface area contributed by atoms with Crippen LogP contribution in [0.2, 0.25) is 0 Å². The van der Waals surface area contributed by atoms with Crippen LogP contribution in [0.15, 0.2) is 12.4 Å². The van der Waals surface area contributed by atoms with E-state index in [1.54, 1.807) is 0 Å². The number of nitrogens with zero attached hydrogens (tertiary/aromatic N) is 2. The molecule has 0 aliphatic heterocycles. The van der Waals surface area contributed by atoms with Gasteiger partial charge < -0.3 is 0 Å². The average Bonchev–Trinajstić information content (AvgIpc) is 2.03. The largest absolute Gasteiger partial charge is 0.240 e. The maximum absolute atomic E-state index is 4.36. The first kappa shape index (κ1) is 10.9. The van der Waals surface area contributed by atoms with Crippen LogP contribution in [-0.4, -0.2) is 9.97 Å². The van der Waals surface area contributed by atoms with Crippen molar-refractivity contribution in [2.75, 3.05) is 0 Å². The van der Waals surface area contributed by atoms with Crippen LogP contribution in [0.1, 0.15) is 43.0 Å². The summed E-state index contributed by atoms with van der Waals surface area (Å²) in [5.41, 5.74) is 1.24. The van der Waals surface area contributed by atoms with E-state index in [-0.39, 0.29) is 5.41 Å². The Hall–Kier alpha value is -0.190. The van der Waals surface area contributed by atoms with Gasteiger partial charge in [-0.3, -0.25) is 0 Å². The second-order valence-corrected chi connectivity index (χ2v) is 6.07. The van der Waals surface area contributed by atoms with E-state index in [1.807, 2.05) is 12.4 Å². The van der Waals surface area contributed by atoms with Gasteiger partial charge in [-0.05, 0) is 6.92 Å². The maximum atomic E-state index is 4.36. The smallest absolute Gasteiger partial charge is 0.133 e. The van der Waals surface area contributed by atoms with Gasteiger partial charge in [0, 0.05) is 27.3 Å². The molecule has 0 aliphatic carbocycles. The number of halogens is 1. The summed E-state index contributed by atoms with van der Waals surface area (Å²) < 4.78 is 0.478. The van der Waals surface area contributed by atoms with Gasteiger partial charge in [0.25, 0.3) is 0 Å². The number of aromatic nitrogens is 2. The summed E-state index contributed by atoms with van der Waals surface area (Å²) in [5, 5.41) is 0. The lowest BCUT2D eigenvalue weighted by atomic mass is 9.96. The molecule has 0 saturated heterocycles. The molecule has 0 bridgehead atoms. The van der Waals surface area contributed by atoms with Crippen molar-refractivity contribution in [2.45, 2.75) is 37.0 Å². The third kappa shape index (κ3) is 2.90. The molecule has 1 aromatic rings. The van der Waals surface area contributed by atoms with Gasteiger partial charge in [0.05, 0.1) is 0 Å². The van der Waals surface area contributed by atoms with Crippen molar-refractivity contribution in [3.63, 3.8) is 0 Å². The molecular weight excluding hydrogens is 275 g/mol. The Bertz CT molecular complexity index is 272. The lowest BCUT2D eigenvalue weighted by molar-refractivity contribution is 0.544. The van der Waals surface area contributed by atoms with Gasteiger partial charge in [-0.15, -0.1) is 0 Å². The van der Waals surface area contributed by atoms with Gasteiger partial charge in [-0.2, -0.15) is 0 Å². The van der Waals surface area contributed by atoms with E-state index >= 15 is 0 Å². The number of alkyl halides is 1. The molecular formula is C10H15IN2. The van der Waals surface area contributed by atoms with Crippen LogP contribution in [0.4, 0.5) is 0 Å². The first-order chi connectivity index (χ1) is 5.91. The molecule has 0 aliphatic rings. The Morgan fingerprint density at radius 3 is 2.00 bits per heavy atom. The summed E-state index contributed by atoms with van der Waals surface area (Å²) in [6.45, 7) is 8.50. The van der Waals surface area contributed by atoms with Crippen molar-refractivity contribution in [3.05, 3.63) is 23.8 Å². The van der Waals surface area contributed by atoms with Crippen LogP contribution in [-0.2, 0) is 5.41 Å². The number of rotatable bonds is 1. The summed E-state index contributed by atoms with van der Waals surface area (Å²) >= 11 is 2.36. The van der Waals surface area contributed by atoms with E-state index in [4.69, 9.17) is 0 Å². The van der Waals surface area contributed by atoms with Crippen LogP contribution in [0, 0.1) is 0 Å². The van der Waals surface area contributed by atoms with Crippen LogP contribution in [0.3, 0.4) is 0 Å². The van der Waals surface area contributed by atoms with Crippen LogP contribution in [0.25, 0.3) is 0 Å². The summed E-state index contributed by atoms with van der Waals surface area (Å²) in [7, 11) is 0. The van der Waals surface area contributed by atoms with E-state index in [2.05, 4.69) is 60.3 Å². The molecule has 2 nitrogen and oxygen atoms in total. The quantitative estimate of drug-likeness (QED) is 0.586. The molecule has 3 heteroatoms. The molecule has 1 aromatic heterocycles. The van der Waals surface area contributed by atoms with Gasteiger partial charge in [-0.1, -0.05) is 43.4 Å². The standard InChI is InChI=1S/C10H15IN2/c1-7(11)8-5-12-9(13-6-8)10(2,3)4/h5-7H,1-4H3. The minimum atomic E-state index is 0.0487. The van der Waals surface area contributed by atoms with Crippen molar-refractivity contribution < 1.29 is 0 Å². The zero-order valence-electron chi connectivity index (χ0n) is 8.50. The fourth-order valence-corrected chi connectivity index (χ4v) is 1.25. The van der Waals surface area contributed by atoms with Gasteiger partial charge in [-0.25, -0.2) is 9.97 Å². The minimum absolute atomic E-state index is 0.0487. The highest BCUT2D eigenvalue weighted by molar-refractivity contribution is 14.1. The van der Waals surface area contributed by atoms with Crippen LogP contribution >= 0.6 is 22.6 Å². The molecule has 0 saturated carbocycles. The van der Waals surface area contributed by atoms with Crippen molar-refractivity contribution in [1.82, 2.24) is 9.97 Å². The second-order valence-electron chi connectivity index (χ2n) is 4.21. The Labute approximate surface area is 93.3 Å². The number of hydrogen-bond acceptors (Lipinski definition) is 2. The predicted molar refractivity (Wildman–Crippen MR) is 63.2 cm³/mol. The molecule has 0 aromatic carbocycles. The predicted octanol–water partition coefficient (Wildman–Crippen LogP) is 3.27. The summed E-state index contributed by atoms with van der Waals surface area (Å²) in [5.74, 6) is 0.910. The molecule has 1 heterocycles. The Kier molecular flexibility index (Phi) is 3.27.